The van der Waals surface area contributed by atoms with Gasteiger partial charge < -0.3 is 15.0 Å². The van der Waals surface area contributed by atoms with Crippen molar-refractivity contribution in [2.45, 2.75) is 46.3 Å². The lowest BCUT2D eigenvalue weighted by Crippen LogP contribution is -2.49. The zero-order chi connectivity index (χ0) is 17.7. The Morgan fingerprint density at radius 2 is 1.88 bits per heavy atom. The van der Waals surface area contributed by atoms with E-state index in [1.54, 1.807) is 4.90 Å². The molecule has 2 atom stereocenters. The van der Waals surface area contributed by atoms with E-state index in [2.05, 4.69) is 12.2 Å². The van der Waals surface area contributed by atoms with E-state index in [4.69, 9.17) is 4.74 Å². The van der Waals surface area contributed by atoms with Crippen molar-refractivity contribution in [2.24, 2.45) is 11.8 Å². The number of nitrogens with zero attached hydrogens (tertiary/aromatic N) is 1. The highest BCUT2D eigenvalue weighted by atomic mass is 16.6. The van der Waals surface area contributed by atoms with E-state index in [9.17, 15) is 9.59 Å². The zero-order valence-electron chi connectivity index (χ0n) is 15.0. The highest BCUT2D eigenvalue weighted by Gasteiger charge is 2.33. The quantitative estimate of drug-likeness (QED) is 0.925. The van der Waals surface area contributed by atoms with Crippen LogP contribution in [0.2, 0.25) is 0 Å². The summed E-state index contributed by atoms with van der Waals surface area (Å²) in [5, 5.41) is 2.98. The molecular weight excluding hydrogens is 304 g/mol. The van der Waals surface area contributed by atoms with Crippen LogP contribution in [0, 0.1) is 11.8 Å². The maximum atomic E-state index is 12.5. The van der Waals surface area contributed by atoms with Gasteiger partial charge in [-0.3, -0.25) is 4.79 Å². The Morgan fingerprint density at radius 3 is 2.50 bits per heavy atom. The minimum absolute atomic E-state index is 0.000961. The molecule has 1 aromatic rings. The molecule has 1 fully saturated rings. The molecule has 0 saturated carbocycles. The summed E-state index contributed by atoms with van der Waals surface area (Å²) in [4.78, 5) is 26.4. The molecule has 1 aliphatic rings. The maximum Gasteiger partial charge on any atom is 0.410 e. The van der Waals surface area contributed by atoms with Crippen LogP contribution in [0.5, 0.6) is 0 Å². The van der Waals surface area contributed by atoms with Gasteiger partial charge in [-0.05, 0) is 38.7 Å². The molecule has 1 aromatic carbocycles. The number of benzene rings is 1. The molecule has 2 amide bonds. The topological polar surface area (TPSA) is 58.6 Å². The SMILES string of the molecule is CC1CC(C(=O)NCc2ccccc2)CN(C(=O)OC(C)(C)C)C1. The minimum atomic E-state index is -0.525. The van der Waals surface area contributed by atoms with Crippen molar-refractivity contribution in [1.82, 2.24) is 10.2 Å². The van der Waals surface area contributed by atoms with Gasteiger partial charge in [0, 0.05) is 19.6 Å². The first-order chi connectivity index (χ1) is 11.2. The van der Waals surface area contributed by atoms with Crippen LogP contribution in [0.4, 0.5) is 4.79 Å². The molecule has 24 heavy (non-hydrogen) atoms. The molecule has 1 aliphatic heterocycles. The van der Waals surface area contributed by atoms with E-state index in [-0.39, 0.29) is 23.8 Å². The largest absolute Gasteiger partial charge is 0.444 e. The lowest BCUT2D eigenvalue weighted by molar-refractivity contribution is -0.127. The van der Waals surface area contributed by atoms with Crippen molar-refractivity contribution in [2.75, 3.05) is 13.1 Å². The Morgan fingerprint density at radius 1 is 1.21 bits per heavy atom. The first-order valence-electron chi connectivity index (χ1n) is 8.54. The second-order valence-electron chi connectivity index (χ2n) is 7.63. The lowest BCUT2D eigenvalue weighted by atomic mass is 9.90. The summed E-state index contributed by atoms with van der Waals surface area (Å²) in [6.07, 6.45) is 0.454. The number of carbonyl (C=O) groups is 2. The van der Waals surface area contributed by atoms with Crippen LogP contribution in [0.15, 0.2) is 30.3 Å². The number of likely N-dealkylation sites (tertiary alicyclic amines) is 1. The number of nitrogens with one attached hydrogen (secondary N) is 1. The van der Waals surface area contributed by atoms with E-state index in [0.717, 1.165) is 12.0 Å². The number of carbonyl (C=O) groups excluding carboxylic acids is 2. The average molecular weight is 332 g/mol. The highest BCUT2D eigenvalue weighted by Crippen LogP contribution is 2.23. The second kappa shape index (κ2) is 7.69. The number of hydrogen-bond acceptors (Lipinski definition) is 3. The Bertz CT molecular complexity index is 566. The predicted molar refractivity (Wildman–Crippen MR) is 93.4 cm³/mol. The van der Waals surface area contributed by atoms with E-state index >= 15 is 0 Å². The smallest absolute Gasteiger partial charge is 0.410 e. The third kappa shape index (κ3) is 5.55. The molecule has 5 nitrogen and oxygen atoms in total. The molecule has 2 rings (SSSR count). The van der Waals surface area contributed by atoms with Gasteiger partial charge in [0.2, 0.25) is 5.91 Å². The second-order valence-corrected chi connectivity index (χ2v) is 7.63. The van der Waals surface area contributed by atoms with Crippen molar-refractivity contribution in [1.29, 1.82) is 0 Å². The van der Waals surface area contributed by atoms with Gasteiger partial charge in [0.25, 0.3) is 0 Å². The van der Waals surface area contributed by atoms with E-state index in [1.807, 2.05) is 51.1 Å². The third-order valence-electron chi connectivity index (χ3n) is 3.99. The molecule has 0 bridgehead atoms. The van der Waals surface area contributed by atoms with Crippen molar-refractivity contribution in [3.8, 4) is 0 Å². The molecule has 0 aliphatic carbocycles. The van der Waals surface area contributed by atoms with Crippen LogP contribution >= 0.6 is 0 Å². The molecule has 1 N–H and O–H groups in total. The first-order valence-corrected chi connectivity index (χ1v) is 8.54. The number of amides is 2. The molecule has 2 unspecified atom stereocenters. The minimum Gasteiger partial charge on any atom is -0.444 e. The third-order valence-corrected chi connectivity index (χ3v) is 3.99. The first kappa shape index (κ1) is 18.3. The van der Waals surface area contributed by atoms with Gasteiger partial charge in [-0.25, -0.2) is 4.79 Å². The van der Waals surface area contributed by atoms with E-state index in [1.165, 1.54) is 0 Å². The number of ether oxygens (including phenoxy) is 1. The zero-order valence-corrected chi connectivity index (χ0v) is 15.0. The maximum absolute atomic E-state index is 12.5. The molecular formula is C19H28N2O3. The number of piperidine rings is 1. The summed E-state index contributed by atoms with van der Waals surface area (Å²) >= 11 is 0. The lowest BCUT2D eigenvalue weighted by Gasteiger charge is -2.36. The standard InChI is InChI=1S/C19H28N2O3/c1-14-10-16(13-21(12-14)18(23)24-19(2,3)4)17(22)20-11-15-8-6-5-7-9-15/h5-9,14,16H,10-13H2,1-4H3,(H,20,22). The Hall–Kier alpha value is -2.04. The van der Waals surface area contributed by atoms with Crippen molar-refractivity contribution in [3.63, 3.8) is 0 Å². The summed E-state index contributed by atoms with van der Waals surface area (Å²) in [6, 6.07) is 9.82. The average Bonchev–Trinajstić information content (AvgIpc) is 2.51. The highest BCUT2D eigenvalue weighted by molar-refractivity contribution is 5.80. The van der Waals surface area contributed by atoms with E-state index < -0.39 is 5.60 Å². The Kier molecular flexibility index (Phi) is 5.86. The molecule has 1 saturated heterocycles. The fourth-order valence-electron chi connectivity index (χ4n) is 2.95. The van der Waals surface area contributed by atoms with Gasteiger partial charge in [0.15, 0.2) is 0 Å². The van der Waals surface area contributed by atoms with Crippen molar-refractivity contribution >= 4 is 12.0 Å². The fraction of sp³-hybridized carbons (Fsp3) is 0.579. The van der Waals surface area contributed by atoms with E-state index in [0.29, 0.717) is 19.6 Å². The van der Waals surface area contributed by atoms with Crippen molar-refractivity contribution < 1.29 is 14.3 Å². The molecule has 0 spiro atoms. The summed E-state index contributed by atoms with van der Waals surface area (Å²) < 4.78 is 5.44. The number of hydrogen-bond donors (Lipinski definition) is 1. The van der Waals surface area contributed by atoms with Gasteiger partial charge in [-0.2, -0.15) is 0 Å². The van der Waals surface area contributed by atoms with Gasteiger partial charge in [-0.1, -0.05) is 37.3 Å². The Labute approximate surface area is 144 Å². The predicted octanol–water partition coefficient (Wildman–Crippen LogP) is 3.20. The number of rotatable bonds is 3. The monoisotopic (exact) mass is 332 g/mol. The fourth-order valence-corrected chi connectivity index (χ4v) is 2.95. The van der Waals surface area contributed by atoms with Crippen LogP contribution in [0.1, 0.15) is 39.7 Å². The molecule has 5 heteroatoms. The molecule has 132 valence electrons. The van der Waals surface area contributed by atoms with Crippen molar-refractivity contribution in [3.05, 3.63) is 35.9 Å². The summed E-state index contributed by atoms with van der Waals surface area (Å²) in [6.45, 7) is 9.18. The van der Waals surface area contributed by atoms with Crippen LogP contribution in [-0.4, -0.2) is 35.6 Å². The van der Waals surface area contributed by atoms with Gasteiger partial charge in [0.05, 0.1) is 5.92 Å². The van der Waals surface area contributed by atoms with Crippen LogP contribution in [-0.2, 0) is 16.1 Å². The summed E-state index contributed by atoms with van der Waals surface area (Å²) in [5.74, 6) is 0.0858. The Balaban J connectivity index is 1.92. The van der Waals surface area contributed by atoms with Gasteiger partial charge in [-0.15, -0.1) is 0 Å². The van der Waals surface area contributed by atoms with Gasteiger partial charge in [0.1, 0.15) is 5.60 Å². The van der Waals surface area contributed by atoms with Crippen LogP contribution in [0.3, 0.4) is 0 Å². The summed E-state index contributed by atoms with van der Waals surface area (Å²) in [7, 11) is 0. The van der Waals surface area contributed by atoms with Gasteiger partial charge >= 0.3 is 6.09 Å². The van der Waals surface area contributed by atoms with Crippen LogP contribution < -0.4 is 5.32 Å². The molecule has 0 radical (unpaired) electrons. The summed E-state index contributed by atoms with van der Waals surface area (Å²) in [5.41, 5.74) is 0.543. The normalized spacial score (nSPS) is 21.2. The molecule has 0 aromatic heterocycles. The van der Waals surface area contributed by atoms with Crippen LogP contribution in [0.25, 0.3) is 0 Å². The molecule has 1 heterocycles.